The summed E-state index contributed by atoms with van der Waals surface area (Å²) in [7, 11) is 2.13. The van der Waals surface area contributed by atoms with Gasteiger partial charge in [-0.15, -0.1) is 4.37 Å². The van der Waals surface area contributed by atoms with Gasteiger partial charge in [-0.3, -0.25) is 0 Å². The maximum Gasteiger partial charge on any atom is 0.252 e. The molecule has 0 saturated carbocycles. The molecule has 3 rings (SSSR count). The summed E-state index contributed by atoms with van der Waals surface area (Å²) < 4.78 is 20.6. The highest BCUT2D eigenvalue weighted by Crippen LogP contribution is 2.52. The van der Waals surface area contributed by atoms with Crippen molar-refractivity contribution in [2.24, 2.45) is 0 Å². The van der Waals surface area contributed by atoms with Crippen molar-refractivity contribution in [2.75, 3.05) is 26.7 Å². The Balaban J connectivity index is 1.60. The van der Waals surface area contributed by atoms with Crippen LogP contribution in [0.3, 0.4) is 0 Å². The minimum Gasteiger partial charge on any atom is -0.476 e. The highest BCUT2D eigenvalue weighted by atomic mass is 32.1. The van der Waals surface area contributed by atoms with Crippen molar-refractivity contribution in [3.8, 4) is 5.88 Å². The zero-order valence-electron chi connectivity index (χ0n) is 12.3. The second-order valence-electron chi connectivity index (χ2n) is 5.85. The second kappa shape index (κ2) is 5.95. The molecular weight excluding hydrogens is 274 g/mol. The lowest BCUT2D eigenvalue weighted by atomic mass is 9.95. The van der Waals surface area contributed by atoms with Gasteiger partial charge in [0, 0.05) is 13.1 Å². The number of likely N-dealkylation sites (tertiary alicyclic amines) is 1. The second-order valence-corrected chi connectivity index (χ2v) is 6.38. The summed E-state index contributed by atoms with van der Waals surface area (Å²) in [6.45, 7) is 4.94. The Morgan fingerprint density at radius 1 is 1.40 bits per heavy atom. The zero-order chi connectivity index (χ0) is 14.0. The van der Waals surface area contributed by atoms with Gasteiger partial charge in [0.05, 0.1) is 24.4 Å². The lowest BCUT2D eigenvalue weighted by Crippen LogP contribution is -2.38. The summed E-state index contributed by atoms with van der Waals surface area (Å²) >= 11 is 1.23. The molecule has 5 nitrogen and oxygen atoms in total. The van der Waals surface area contributed by atoms with Crippen LogP contribution < -0.4 is 4.74 Å². The number of likely N-dealkylation sites (N-methyl/N-ethyl adjacent to an activating group) is 1. The van der Waals surface area contributed by atoms with E-state index in [4.69, 9.17) is 9.47 Å². The Labute approximate surface area is 124 Å². The summed E-state index contributed by atoms with van der Waals surface area (Å²) in [5.41, 5.74) is 0.688. The number of rotatable bonds is 7. The Hall–Kier alpha value is -0.720. The molecule has 0 N–H and O–H groups in total. The molecule has 2 atom stereocenters. The van der Waals surface area contributed by atoms with E-state index < -0.39 is 0 Å². The van der Waals surface area contributed by atoms with E-state index in [0.717, 1.165) is 38.2 Å². The summed E-state index contributed by atoms with van der Waals surface area (Å²) in [4.78, 5) is 2.30. The molecule has 3 heterocycles. The van der Waals surface area contributed by atoms with Gasteiger partial charge >= 0.3 is 0 Å². The average Bonchev–Trinajstić information content (AvgIpc) is 2.96. The van der Waals surface area contributed by atoms with Crippen LogP contribution in [0, 0.1) is 0 Å². The van der Waals surface area contributed by atoms with Crippen molar-refractivity contribution in [3.05, 3.63) is 5.69 Å². The van der Waals surface area contributed by atoms with Crippen LogP contribution in [0.5, 0.6) is 5.88 Å². The van der Waals surface area contributed by atoms with Crippen LogP contribution in [0.25, 0.3) is 0 Å². The Kier molecular flexibility index (Phi) is 4.23. The summed E-state index contributed by atoms with van der Waals surface area (Å²) in [6, 6.07) is 0. The molecule has 0 aliphatic carbocycles. The molecule has 2 fully saturated rings. The number of unbranched alkanes of at least 4 members (excludes halogenated alkanes) is 3. The number of fused-ring (bicyclic) bond motifs is 1. The van der Waals surface area contributed by atoms with Crippen molar-refractivity contribution in [1.82, 2.24) is 13.6 Å². The zero-order valence-corrected chi connectivity index (χ0v) is 13.1. The first kappa shape index (κ1) is 14.2. The number of epoxide rings is 1. The van der Waals surface area contributed by atoms with Crippen LogP contribution in [0.4, 0.5) is 0 Å². The van der Waals surface area contributed by atoms with Crippen LogP contribution in [-0.4, -0.2) is 46.5 Å². The van der Waals surface area contributed by atoms with Gasteiger partial charge in [-0.25, -0.2) is 0 Å². The van der Waals surface area contributed by atoms with Crippen LogP contribution in [0.1, 0.15) is 44.7 Å². The van der Waals surface area contributed by atoms with Gasteiger partial charge in [-0.05, 0) is 19.9 Å². The maximum absolute atomic E-state index is 5.95. The molecule has 0 radical (unpaired) electrons. The highest BCUT2D eigenvalue weighted by Gasteiger charge is 2.63. The van der Waals surface area contributed by atoms with Gasteiger partial charge in [-0.2, -0.15) is 4.37 Å². The number of aromatic nitrogens is 2. The fourth-order valence-electron chi connectivity index (χ4n) is 2.98. The minimum atomic E-state index is -0.237. The Bertz CT molecular complexity index is 453. The molecule has 2 saturated heterocycles. The number of ether oxygens (including phenoxy) is 2. The molecule has 2 unspecified atom stereocenters. The van der Waals surface area contributed by atoms with E-state index in [0.29, 0.717) is 12.0 Å². The van der Waals surface area contributed by atoms with Gasteiger partial charge in [0.15, 0.2) is 11.3 Å². The summed E-state index contributed by atoms with van der Waals surface area (Å²) in [6.07, 6.45) is 6.20. The normalized spacial score (nSPS) is 29.2. The standard InChI is InChI=1S/C14H23N3O2S/c1-3-4-5-6-9-18-13-12(15-20-16-13)14-10-17(2)8-7-11(14)19-14/h11H,3-10H2,1-2H3. The van der Waals surface area contributed by atoms with Crippen molar-refractivity contribution in [1.29, 1.82) is 0 Å². The van der Waals surface area contributed by atoms with Crippen LogP contribution >= 0.6 is 11.7 Å². The maximum atomic E-state index is 5.95. The predicted octanol–water partition coefficient (Wildman–Crippen LogP) is 2.43. The SMILES string of the molecule is CCCCCCOc1nsnc1C12CN(C)CCC1O2. The van der Waals surface area contributed by atoms with E-state index in [1.165, 1.54) is 31.0 Å². The van der Waals surface area contributed by atoms with E-state index in [1.54, 1.807) is 0 Å². The summed E-state index contributed by atoms with van der Waals surface area (Å²) in [5.74, 6) is 0.698. The average molecular weight is 297 g/mol. The molecule has 6 heteroatoms. The van der Waals surface area contributed by atoms with Crippen LogP contribution in [-0.2, 0) is 10.3 Å². The molecule has 0 spiro atoms. The van der Waals surface area contributed by atoms with Gasteiger partial charge in [0.1, 0.15) is 0 Å². The molecule has 1 aromatic heterocycles. The lowest BCUT2D eigenvalue weighted by Gasteiger charge is -2.25. The third-order valence-corrected chi connectivity index (χ3v) is 4.70. The van der Waals surface area contributed by atoms with Crippen molar-refractivity contribution in [3.63, 3.8) is 0 Å². The Morgan fingerprint density at radius 2 is 2.30 bits per heavy atom. The van der Waals surface area contributed by atoms with Crippen molar-refractivity contribution >= 4 is 11.7 Å². The first-order valence-electron chi connectivity index (χ1n) is 7.58. The van der Waals surface area contributed by atoms with Gasteiger partial charge < -0.3 is 14.4 Å². The quantitative estimate of drug-likeness (QED) is 0.571. The first-order valence-corrected chi connectivity index (χ1v) is 8.31. The van der Waals surface area contributed by atoms with E-state index in [9.17, 15) is 0 Å². The van der Waals surface area contributed by atoms with Crippen LogP contribution in [0.2, 0.25) is 0 Å². The van der Waals surface area contributed by atoms with Gasteiger partial charge in [-0.1, -0.05) is 26.2 Å². The van der Waals surface area contributed by atoms with Crippen LogP contribution in [0.15, 0.2) is 0 Å². The van der Waals surface area contributed by atoms with E-state index in [2.05, 4.69) is 27.6 Å². The van der Waals surface area contributed by atoms with Crippen molar-refractivity contribution in [2.45, 2.75) is 50.7 Å². The largest absolute Gasteiger partial charge is 0.476 e. The molecular formula is C14H23N3O2S. The minimum absolute atomic E-state index is 0.237. The number of piperidine rings is 1. The molecule has 1 aromatic rings. The van der Waals surface area contributed by atoms with Gasteiger partial charge in [0.25, 0.3) is 5.88 Å². The molecule has 0 bridgehead atoms. The van der Waals surface area contributed by atoms with Crippen molar-refractivity contribution < 1.29 is 9.47 Å². The monoisotopic (exact) mass is 297 g/mol. The molecule has 0 amide bonds. The topological polar surface area (TPSA) is 50.8 Å². The molecule has 20 heavy (non-hydrogen) atoms. The van der Waals surface area contributed by atoms with E-state index >= 15 is 0 Å². The number of hydrogen-bond acceptors (Lipinski definition) is 6. The third-order valence-electron chi connectivity index (χ3n) is 4.19. The molecule has 0 aromatic carbocycles. The Morgan fingerprint density at radius 3 is 3.15 bits per heavy atom. The fraction of sp³-hybridized carbons (Fsp3) is 0.857. The van der Waals surface area contributed by atoms with E-state index in [-0.39, 0.29) is 5.60 Å². The fourth-order valence-corrected chi connectivity index (χ4v) is 3.55. The number of nitrogens with zero attached hydrogens (tertiary/aromatic N) is 3. The molecule has 2 aliphatic heterocycles. The first-order chi connectivity index (χ1) is 9.76. The highest BCUT2D eigenvalue weighted by molar-refractivity contribution is 6.99. The van der Waals surface area contributed by atoms with E-state index in [1.807, 2.05) is 0 Å². The third kappa shape index (κ3) is 2.69. The molecule has 112 valence electrons. The number of hydrogen-bond donors (Lipinski definition) is 0. The molecule has 2 aliphatic rings. The summed E-state index contributed by atoms with van der Waals surface area (Å²) in [5, 5.41) is 0. The lowest BCUT2D eigenvalue weighted by molar-refractivity contribution is 0.208. The smallest absolute Gasteiger partial charge is 0.252 e. The predicted molar refractivity (Wildman–Crippen MR) is 78.2 cm³/mol. The van der Waals surface area contributed by atoms with Gasteiger partial charge in [0.2, 0.25) is 0 Å².